The number of hydrogen-bond donors (Lipinski definition) is 1. The maximum Gasteiger partial charge on any atom is 0.345 e. The minimum Gasteiger partial charge on any atom is -0.353 e. The molecule has 1 atom stereocenters. The van der Waals surface area contributed by atoms with Gasteiger partial charge in [-0.2, -0.15) is 5.10 Å². The summed E-state index contributed by atoms with van der Waals surface area (Å²) in [6.45, 7) is 5.56. The molecule has 0 saturated carbocycles. The highest BCUT2D eigenvalue weighted by atomic mass is 16.2. The zero-order valence-corrected chi connectivity index (χ0v) is 15.5. The largest absolute Gasteiger partial charge is 0.353 e. The van der Waals surface area contributed by atoms with Gasteiger partial charge < -0.3 is 5.32 Å². The van der Waals surface area contributed by atoms with Crippen molar-refractivity contribution in [3.8, 4) is 0 Å². The molecule has 1 unspecified atom stereocenters. The van der Waals surface area contributed by atoms with Gasteiger partial charge in [0.25, 0.3) is 0 Å². The van der Waals surface area contributed by atoms with E-state index in [9.17, 15) is 9.59 Å². The number of hydrogen-bond acceptors (Lipinski definition) is 4. The van der Waals surface area contributed by atoms with E-state index in [4.69, 9.17) is 0 Å². The van der Waals surface area contributed by atoms with Crippen molar-refractivity contribution in [2.75, 3.05) is 0 Å². The van der Waals surface area contributed by atoms with Crippen molar-refractivity contribution in [3.63, 3.8) is 0 Å². The molecular formula is C19H27N5O2. The second-order valence-corrected chi connectivity index (χ2v) is 7.38. The number of fused-ring (bicyclic) bond motifs is 1. The Hall–Kier alpha value is -2.44. The standard InChI is InChI=1S/C19H27N5O2/c1-14(2)7-12-24-19(26)23-11-8-16(3-4-17(23)22-24)21-18(25)13-15-5-9-20-10-6-15/h5-6,9-10,14,16H,3-4,7-8,11-13H2,1-2H3,(H,21,25). The molecule has 0 spiro atoms. The first-order valence-corrected chi connectivity index (χ1v) is 9.37. The van der Waals surface area contributed by atoms with Crippen LogP contribution in [0.15, 0.2) is 29.3 Å². The number of carbonyl (C=O) groups is 1. The average Bonchev–Trinajstić information content (AvgIpc) is 2.77. The Morgan fingerprint density at radius 2 is 2.08 bits per heavy atom. The Kier molecular flexibility index (Phi) is 5.85. The zero-order valence-electron chi connectivity index (χ0n) is 15.5. The monoisotopic (exact) mass is 357 g/mol. The molecule has 140 valence electrons. The Morgan fingerprint density at radius 1 is 1.31 bits per heavy atom. The molecule has 0 bridgehead atoms. The predicted molar refractivity (Wildman–Crippen MR) is 98.8 cm³/mol. The fourth-order valence-electron chi connectivity index (χ4n) is 3.26. The summed E-state index contributed by atoms with van der Waals surface area (Å²) in [5.74, 6) is 1.39. The number of nitrogens with zero attached hydrogens (tertiary/aromatic N) is 4. The quantitative estimate of drug-likeness (QED) is 0.850. The van der Waals surface area contributed by atoms with Gasteiger partial charge in [0.1, 0.15) is 5.82 Å². The summed E-state index contributed by atoms with van der Waals surface area (Å²) in [7, 11) is 0. The number of aromatic nitrogens is 4. The Bertz CT molecular complexity index is 794. The normalized spacial score (nSPS) is 17.0. The summed E-state index contributed by atoms with van der Waals surface area (Å²) in [5.41, 5.74) is 0.927. The Balaban J connectivity index is 1.57. The first kappa shape index (κ1) is 18.4. The van der Waals surface area contributed by atoms with Gasteiger partial charge in [-0.3, -0.25) is 14.3 Å². The third kappa shape index (κ3) is 4.59. The second-order valence-electron chi connectivity index (χ2n) is 7.38. The summed E-state index contributed by atoms with van der Waals surface area (Å²) in [6.07, 6.45) is 6.96. The molecule has 1 amide bonds. The van der Waals surface area contributed by atoms with Crippen LogP contribution in [0.3, 0.4) is 0 Å². The van der Waals surface area contributed by atoms with Gasteiger partial charge in [-0.15, -0.1) is 0 Å². The fourth-order valence-corrected chi connectivity index (χ4v) is 3.26. The van der Waals surface area contributed by atoms with Crippen molar-refractivity contribution >= 4 is 5.91 Å². The minimum atomic E-state index is -0.0237. The molecule has 7 nitrogen and oxygen atoms in total. The van der Waals surface area contributed by atoms with Crippen LogP contribution < -0.4 is 11.0 Å². The van der Waals surface area contributed by atoms with Crippen LogP contribution in [0.1, 0.15) is 44.5 Å². The van der Waals surface area contributed by atoms with E-state index < -0.39 is 0 Å². The second kappa shape index (κ2) is 8.29. The molecule has 0 aromatic carbocycles. The van der Waals surface area contributed by atoms with Crippen molar-refractivity contribution in [1.29, 1.82) is 0 Å². The molecule has 1 aliphatic rings. The summed E-state index contributed by atoms with van der Waals surface area (Å²) in [5, 5.41) is 7.61. The average molecular weight is 357 g/mol. The number of carbonyl (C=O) groups excluding carboxylic acids is 1. The van der Waals surface area contributed by atoms with E-state index in [1.54, 1.807) is 21.6 Å². The SMILES string of the molecule is CC(C)CCn1nc2n(c1=O)CCC(NC(=O)Cc1ccncc1)CC2. The predicted octanol–water partition coefficient (Wildman–Crippen LogP) is 1.55. The molecule has 0 fully saturated rings. The first-order valence-electron chi connectivity index (χ1n) is 9.37. The van der Waals surface area contributed by atoms with Gasteiger partial charge in [0, 0.05) is 37.9 Å². The molecule has 0 saturated heterocycles. The topological polar surface area (TPSA) is 81.8 Å². The molecule has 3 rings (SSSR count). The van der Waals surface area contributed by atoms with Gasteiger partial charge in [0.2, 0.25) is 5.91 Å². The van der Waals surface area contributed by atoms with E-state index >= 15 is 0 Å². The van der Waals surface area contributed by atoms with Gasteiger partial charge in [-0.25, -0.2) is 9.48 Å². The van der Waals surface area contributed by atoms with E-state index in [2.05, 4.69) is 29.2 Å². The smallest absolute Gasteiger partial charge is 0.345 e. The van der Waals surface area contributed by atoms with E-state index in [0.29, 0.717) is 31.8 Å². The van der Waals surface area contributed by atoms with Crippen LogP contribution in [0.5, 0.6) is 0 Å². The molecule has 0 radical (unpaired) electrons. The summed E-state index contributed by atoms with van der Waals surface area (Å²) in [6, 6.07) is 3.78. The highest BCUT2D eigenvalue weighted by Gasteiger charge is 2.22. The third-order valence-corrected chi connectivity index (χ3v) is 4.81. The van der Waals surface area contributed by atoms with Crippen LogP contribution in [0.25, 0.3) is 0 Å². The van der Waals surface area contributed by atoms with Crippen LogP contribution in [0.2, 0.25) is 0 Å². The van der Waals surface area contributed by atoms with Crippen molar-refractivity contribution < 1.29 is 4.79 Å². The van der Waals surface area contributed by atoms with Crippen LogP contribution in [0.4, 0.5) is 0 Å². The number of aryl methyl sites for hydroxylation is 2. The Morgan fingerprint density at radius 3 is 2.81 bits per heavy atom. The highest BCUT2D eigenvalue weighted by molar-refractivity contribution is 5.78. The number of rotatable bonds is 6. The molecular weight excluding hydrogens is 330 g/mol. The zero-order chi connectivity index (χ0) is 18.5. The molecule has 2 aromatic rings. The van der Waals surface area contributed by atoms with Crippen LogP contribution in [0, 0.1) is 5.92 Å². The minimum absolute atomic E-state index is 0.00934. The first-order chi connectivity index (χ1) is 12.5. The van der Waals surface area contributed by atoms with Crippen molar-refractivity contribution in [1.82, 2.24) is 24.6 Å². The fraction of sp³-hybridized carbons (Fsp3) is 0.579. The molecule has 0 aliphatic carbocycles. The number of pyridine rings is 1. The maximum absolute atomic E-state index is 12.5. The van der Waals surface area contributed by atoms with Gasteiger partial charge >= 0.3 is 5.69 Å². The van der Waals surface area contributed by atoms with E-state index in [0.717, 1.165) is 30.7 Å². The Labute approximate surface area is 153 Å². The van der Waals surface area contributed by atoms with Crippen molar-refractivity contribution in [3.05, 3.63) is 46.4 Å². The third-order valence-electron chi connectivity index (χ3n) is 4.81. The van der Waals surface area contributed by atoms with Crippen molar-refractivity contribution in [2.45, 2.75) is 65.1 Å². The molecule has 26 heavy (non-hydrogen) atoms. The van der Waals surface area contributed by atoms with Gasteiger partial charge in [-0.1, -0.05) is 13.8 Å². The van der Waals surface area contributed by atoms with Crippen LogP contribution >= 0.6 is 0 Å². The maximum atomic E-state index is 12.5. The molecule has 3 heterocycles. The van der Waals surface area contributed by atoms with Gasteiger partial charge in [0.15, 0.2) is 0 Å². The number of nitrogens with one attached hydrogen (secondary N) is 1. The lowest BCUT2D eigenvalue weighted by molar-refractivity contribution is -0.121. The lowest BCUT2D eigenvalue weighted by Gasteiger charge is -2.16. The molecule has 1 aliphatic heterocycles. The van der Waals surface area contributed by atoms with E-state index in [1.807, 2.05) is 12.1 Å². The summed E-state index contributed by atoms with van der Waals surface area (Å²) in [4.78, 5) is 28.7. The van der Waals surface area contributed by atoms with Crippen LogP contribution in [-0.4, -0.2) is 31.3 Å². The molecule has 7 heteroatoms. The van der Waals surface area contributed by atoms with Crippen molar-refractivity contribution in [2.24, 2.45) is 5.92 Å². The van der Waals surface area contributed by atoms with E-state index in [-0.39, 0.29) is 17.6 Å². The van der Waals surface area contributed by atoms with Crippen LogP contribution in [-0.2, 0) is 30.7 Å². The molecule has 1 N–H and O–H groups in total. The lowest BCUT2D eigenvalue weighted by atomic mass is 10.1. The summed E-state index contributed by atoms with van der Waals surface area (Å²) < 4.78 is 3.37. The highest BCUT2D eigenvalue weighted by Crippen LogP contribution is 2.13. The summed E-state index contributed by atoms with van der Waals surface area (Å²) >= 11 is 0. The molecule has 2 aromatic heterocycles. The van der Waals surface area contributed by atoms with E-state index in [1.165, 1.54) is 0 Å². The van der Waals surface area contributed by atoms with Gasteiger partial charge in [0.05, 0.1) is 6.42 Å². The lowest BCUT2D eigenvalue weighted by Crippen LogP contribution is -2.36. The van der Waals surface area contributed by atoms with Gasteiger partial charge in [-0.05, 0) is 42.9 Å². The number of amides is 1.